The Balaban J connectivity index is 1.79. The van der Waals surface area contributed by atoms with Gasteiger partial charge in [-0.2, -0.15) is 0 Å². The van der Waals surface area contributed by atoms with Gasteiger partial charge in [-0.05, 0) is 43.7 Å². The van der Waals surface area contributed by atoms with Crippen LogP contribution in [0, 0.1) is 5.92 Å². The summed E-state index contributed by atoms with van der Waals surface area (Å²) in [5, 5.41) is 0.728. The number of ether oxygens (including phenoxy) is 1. The van der Waals surface area contributed by atoms with Gasteiger partial charge in [0.2, 0.25) is 0 Å². The Morgan fingerprint density at radius 1 is 1.38 bits per heavy atom. The molecule has 1 aromatic heterocycles. The Labute approximate surface area is 102 Å². The maximum absolute atomic E-state index is 5.89. The highest BCUT2D eigenvalue weighted by atomic mass is 35.5. The molecule has 0 N–H and O–H groups in total. The number of aromatic nitrogens is 1. The lowest BCUT2D eigenvalue weighted by Gasteiger charge is -2.26. The summed E-state index contributed by atoms with van der Waals surface area (Å²) < 4.78 is 5.85. The lowest BCUT2D eigenvalue weighted by molar-refractivity contribution is 0.00728. The van der Waals surface area contributed by atoms with Gasteiger partial charge in [0.15, 0.2) is 0 Å². The van der Waals surface area contributed by atoms with Crippen LogP contribution in [0.15, 0.2) is 18.3 Å². The average Bonchev–Trinajstić information content (AvgIpc) is 2.28. The molecule has 1 aliphatic carbocycles. The third kappa shape index (κ3) is 3.46. The predicted octanol–water partition coefficient (Wildman–Crippen LogP) is 3.83. The molecule has 0 amide bonds. The molecule has 1 fully saturated rings. The molecule has 0 unspecified atom stereocenters. The molecule has 2 nitrogen and oxygen atoms in total. The van der Waals surface area contributed by atoms with Gasteiger partial charge in [0.05, 0.1) is 18.4 Å². The fourth-order valence-corrected chi connectivity index (χ4v) is 2.31. The van der Waals surface area contributed by atoms with Gasteiger partial charge >= 0.3 is 0 Å². The minimum atomic E-state index is 0.414. The third-order valence-corrected chi connectivity index (χ3v) is 3.44. The second-order valence-corrected chi connectivity index (χ2v) is 5.09. The van der Waals surface area contributed by atoms with E-state index in [1.165, 1.54) is 25.7 Å². The molecule has 0 bridgehead atoms. The maximum Gasteiger partial charge on any atom is 0.0892 e. The molecule has 1 aromatic rings. The Bertz CT molecular complexity index is 334. The molecule has 0 aliphatic heterocycles. The van der Waals surface area contributed by atoms with Crippen molar-refractivity contribution < 1.29 is 4.74 Å². The molecule has 1 saturated carbocycles. The van der Waals surface area contributed by atoms with E-state index in [9.17, 15) is 0 Å². The van der Waals surface area contributed by atoms with Gasteiger partial charge in [-0.15, -0.1) is 0 Å². The van der Waals surface area contributed by atoms with Crippen LogP contribution in [0.4, 0.5) is 0 Å². The second kappa shape index (κ2) is 5.65. The monoisotopic (exact) mass is 239 g/mol. The zero-order chi connectivity index (χ0) is 11.4. The Morgan fingerprint density at radius 2 is 2.12 bits per heavy atom. The number of halogens is 1. The number of nitrogens with zero attached hydrogens (tertiary/aromatic N) is 1. The van der Waals surface area contributed by atoms with Gasteiger partial charge in [-0.1, -0.05) is 18.5 Å². The zero-order valence-electron chi connectivity index (χ0n) is 9.66. The number of hydrogen-bond acceptors (Lipinski definition) is 2. The summed E-state index contributed by atoms with van der Waals surface area (Å²) in [6, 6.07) is 3.65. The minimum Gasteiger partial charge on any atom is -0.372 e. The van der Waals surface area contributed by atoms with Crippen LogP contribution in [0.5, 0.6) is 0 Å². The van der Waals surface area contributed by atoms with Gasteiger partial charge in [0.1, 0.15) is 0 Å². The number of rotatable bonds is 3. The van der Waals surface area contributed by atoms with Crippen molar-refractivity contribution in [3.63, 3.8) is 0 Å². The molecule has 0 atom stereocenters. The summed E-state index contributed by atoms with van der Waals surface area (Å²) >= 11 is 5.89. The largest absolute Gasteiger partial charge is 0.372 e. The van der Waals surface area contributed by atoms with Crippen LogP contribution >= 0.6 is 11.6 Å². The van der Waals surface area contributed by atoms with Crippen LogP contribution < -0.4 is 0 Å². The van der Waals surface area contributed by atoms with Crippen LogP contribution in [0.1, 0.15) is 38.3 Å². The highest BCUT2D eigenvalue weighted by Crippen LogP contribution is 2.26. The highest BCUT2D eigenvalue weighted by Gasteiger charge is 2.18. The third-order valence-electron chi connectivity index (χ3n) is 3.21. The summed E-state index contributed by atoms with van der Waals surface area (Å²) in [7, 11) is 0. The lowest BCUT2D eigenvalue weighted by atomic mass is 9.89. The van der Waals surface area contributed by atoms with Crippen LogP contribution in [0.2, 0.25) is 5.02 Å². The van der Waals surface area contributed by atoms with Gasteiger partial charge in [-0.3, -0.25) is 4.98 Å². The first kappa shape index (κ1) is 11.9. The van der Waals surface area contributed by atoms with Crippen molar-refractivity contribution in [1.29, 1.82) is 0 Å². The molecule has 3 heteroatoms. The molecule has 1 aliphatic rings. The molecule has 2 rings (SSSR count). The quantitative estimate of drug-likeness (QED) is 0.800. The first-order valence-corrected chi connectivity index (χ1v) is 6.34. The molecule has 0 saturated heterocycles. The van der Waals surface area contributed by atoms with Crippen molar-refractivity contribution in [2.75, 3.05) is 0 Å². The molecule has 0 radical (unpaired) electrons. The van der Waals surface area contributed by atoms with Crippen molar-refractivity contribution in [1.82, 2.24) is 4.98 Å². The normalized spacial score (nSPS) is 25.6. The Morgan fingerprint density at radius 3 is 2.81 bits per heavy atom. The summed E-state index contributed by atoms with van der Waals surface area (Å²) in [6.45, 7) is 2.90. The van der Waals surface area contributed by atoms with E-state index < -0.39 is 0 Å². The molecule has 0 spiro atoms. The standard InChI is InChI=1S/C13H18ClNO/c1-10-2-4-13(5-3-10)16-9-12-8-11(14)6-7-15-12/h6-8,10,13H,2-5,9H2,1H3. The van der Waals surface area contributed by atoms with E-state index in [1.807, 2.05) is 6.07 Å². The second-order valence-electron chi connectivity index (χ2n) is 4.66. The van der Waals surface area contributed by atoms with Crippen LogP contribution in [0.3, 0.4) is 0 Å². The van der Waals surface area contributed by atoms with Crippen molar-refractivity contribution >= 4 is 11.6 Å². The first-order valence-electron chi connectivity index (χ1n) is 5.96. The van der Waals surface area contributed by atoms with Crippen LogP contribution in [-0.2, 0) is 11.3 Å². The van der Waals surface area contributed by atoms with Crippen molar-refractivity contribution in [3.05, 3.63) is 29.0 Å². The Kier molecular flexibility index (Phi) is 4.19. The SMILES string of the molecule is CC1CCC(OCc2cc(Cl)ccn2)CC1. The first-order chi connectivity index (χ1) is 7.74. The van der Waals surface area contributed by atoms with E-state index in [0.717, 1.165) is 16.6 Å². The topological polar surface area (TPSA) is 22.1 Å². The van der Waals surface area contributed by atoms with Gasteiger partial charge in [0, 0.05) is 11.2 Å². The zero-order valence-corrected chi connectivity index (χ0v) is 10.4. The van der Waals surface area contributed by atoms with Crippen molar-refractivity contribution in [2.24, 2.45) is 5.92 Å². The summed E-state index contributed by atoms with van der Waals surface area (Å²) in [5.74, 6) is 0.865. The smallest absolute Gasteiger partial charge is 0.0892 e. The fraction of sp³-hybridized carbons (Fsp3) is 0.615. The molecule has 88 valence electrons. The average molecular weight is 240 g/mol. The maximum atomic E-state index is 5.89. The van der Waals surface area contributed by atoms with Crippen LogP contribution in [-0.4, -0.2) is 11.1 Å². The van der Waals surface area contributed by atoms with Crippen LogP contribution in [0.25, 0.3) is 0 Å². The number of hydrogen-bond donors (Lipinski definition) is 0. The van der Waals surface area contributed by atoms with Gasteiger partial charge in [-0.25, -0.2) is 0 Å². The highest BCUT2D eigenvalue weighted by molar-refractivity contribution is 6.30. The molecular weight excluding hydrogens is 222 g/mol. The fourth-order valence-electron chi connectivity index (χ4n) is 2.13. The molecule has 0 aromatic carbocycles. The molecular formula is C13H18ClNO. The van der Waals surface area contributed by atoms with E-state index in [-0.39, 0.29) is 0 Å². The summed E-state index contributed by atoms with van der Waals surface area (Å²) in [6.07, 6.45) is 7.08. The van der Waals surface area contributed by atoms with E-state index in [1.54, 1.807) is 12.3 Å². The van der Waals surface area contributed by atoms with E-state index in [2.05, 4.69) is 11.9 Å². The molecule has 1 heterocycles. The van der Waals surface area contributed by atoms with E-state index in [0.29, 0.717) is 12.7 Å². The summed E-state index contributed by atoms with van der Waals surface area (Å²) in [4.78, 5) is 4.23. The van der Waals surface area contributed by atoms with Crippen molar-refractivity contribution in [2.45, 2.75) is 45.3 Å². The van der Waals surface area contributed by atoms with Gasteiger partial charge in [0.25, 0.3) is 0 Å². The number of pyridine rings is 1. The molecule has 16 heavy (non-hydrogen) atoms. The predicted molar refractivity (Wildman–Crippen MR) is 65.5 cm³/mol. The van der Waals surface area contributed by atoms with Gasteiger partial charge < -0.3 is 4.74 Å². The summed E-state index contributed by atoms with van der Waals surface area (Å²) in [5.41, 5.74) is 0.922. The van der Waals surface area contributed by atoms with Crippen molar-refractivity contribution in [3.8, 4) is 0 Å². The van der Waals surface area contributed by atoms with E-state index >= 15 is 0 Å². The Hall–Kier alpha value is -0.600. The lowest BCUT2D eigenvalue weighted by Crippen LogP contribution is -2.20. The van der Waals surface area contributed by atoms with E-state index in [4.69, 9.17) is 16.3 Å². The minimum absolute atomic E-state index is 0.414.